The van der Waals surface area contributed by atoms with E-state index in [1.807, 2.05) is 36.0 Å². The molecule has 2 N–H and O–H groups in total. The normalized spacial score (nSPS) is 15.4. The van der Waals surface area contributed by atoms with E-state index in [4.69, 9.17) is 9.47 Å². The third-order valence-electron chi connectivity index (χ3n) is 5.49. The molecule has 1 saturated carbocycles. The summed E-state index contributed by atoms with van der Waals surface area (Å²) in [6.45, 7) is 3.90. The fraction of sp³-hybridized carbons (Fsp3) is 0.458. The van der Waals surface area contributed by atoms with E-state index in [-0.39, 0.29) is 5.91 Å². The minimum absolute atomic E-state index is 0.0592. The number of carbonyl (C=O) groups excluding carboxylic acids is 1. The van der Waals surface area contributed by atoms with Gasteiger partial charge in [-0.15, -0.1) is 0 Å². The summed E-state index contributed by atoms with van der Waals surface area (Å²) in [5.41, 5.74) is 4.25. The fourth-order valence-corrected chi connectivity index (χ4v) is 4.20. The SMILES string of the molecule is COc1ccc(C(C)CSC)cc1OC.O=C1NCc2cccc(NCC3CC3)c21. The molecule has 4 rings (SSSR count). The topological polar surface area (TPSA) is 59.6 Å². The highest BCUT2D eigenvalue weighted by Gasteiger charge is 2.24. The Morgan fingerprint density at radius 1 is 1.17 bits per heavy atom. The van der Waals surface area contributed by atoms with Gasteiger partial charge in [0.1, 0.15) is 0 Å². The third kappa shape index (κ3) is 5.63. The van der Waals surface area contributed by atoms with Crippen molar-refractivity contribution in [3.8, 4) is 11.5 Å². The molecular weight excluding hydrogens is 396 g/mol. The molecule has 30 heavy (non-hydrogen) atoms. The van der Waals surface area contributed by atoms with Crippen LogP contribution in [-0.4, -0.2) is 38.7 Å². The minimum Gasteiger partial charge on any atom is -0.493 e. The van der Waals surface area contributed by atoms with Crippen LogP contribution in [0.1, 0.15) is 47.2 Å². The van der Waals surface area contributed by atoms with E-state index in [0.717, 1.165) is 46.5 Å². The first-order chi connectivity index (χ1) is 14.6. The van der Waals surface area contributed by atoms with Crippen LogP contribution in [0.5, 0.6) is 11.5 Å². The molecular formula is C24H32N2O3S. The van der Waals surface area contributed by atoms with Crippen LogP contribution in [0.25, 0.3) is 0 Å². The van der Waals surface area contributed by atoms with Gasteiger partial charge in [-0.2, -0.15) is 11.8 Å². The number of hydrogen-bond donors (Lipinski definition) is 2. The van der Waals surface area contributed by atoms with Gasteiger partial charge in [-0.3, -0.25) is 4.79 Å². The summed E-state index contributed by atoms with van der Waals surface area (Å²) in [5, 5.41) is 6.23. The lowest BCUT2D eigenvalue weighted by atomic mass is 10.0. The largest absolute Gasteiger partial charge is 0.493 e. The Kier molecular flexibility index (Phi) is 7.91. The molecule has 0 aromatic heterocycles. The number of benzene rings is 2. The van der Waals surface area contributed by atoms with Crippen molar-refractivity contribution in [2.45, 2.75) is 32.2 Å². The molecule has 1 amide bonds. The molecule has 2 aliphatic rings. The first-order valence-corrected chi connectivity index (χ1v) is 11.8. The van der Waals surface area contributed by atoms with Gasteiger partial charge >= 0.3 is 0 Å². The second kappa shape index (κ2) is 10.6. The number of hydrogen-bond acceptors (Lipinski definition) is 5. The zero-order valence-corrected chi connectivity index (χ0v) is 19.1. The highest BCUT2D eigenvalue weighted by Crippen LogP contribution is 2.32. The van der Waals surface area contributed by atoms with Crippen molar-refractivity contribution in [1.29, 1.82) is 0 Å². The Morgan fingerprint density at radius 3 is 2.60 bits per heavy atom. The maximum Gasteiger partial charge on any atom is 0.253 e. The van der Waals surface area contributed by atoms with Gasteiger partial charge in [-0.05, 0) is 66.0 Å². The first kappa shape index (κ1) is 22.3. The summed E-state index contributed by atoms with van der Waals surface area (Å²) in [7, 11) is 3.32. The minimum atomic E-state index is 0.0592. The summed E-state index contributed by atoms with van der Waals surface area (Å²) in [6.07, 6.45) is 4.78. The molecule has 5 nitrogen and oxygen atoms in total. The van der Waals surface area contributed by atoms with Crippen LogP contribution in [0, 0.1) is 5.92 Å². The van der Waals surface area contributed by atoms with Crippen LogP contribution in [0.4, 0.5) is 5.69 Å². The number of methoxy groups -OCH3 is 2. The Bertz CT molecular complexity index is 868. The molecule has 0 saturated heterocycles. The van der Waals surface area contributed by atoms with Crippen molar-refractivity contribution in [3.05, 3.63) is 53.1 Å². The molecule has 1 unspecified atom stereocenters. The van der Waals surface area contributed by atoms with Gasteiger partial charge in [0.05, 0.1) is 19.8 Å². The Balaban J connectivity index is 0.000000171. The Hall–Kier alpha value is -2.34. The van der Waals surface area contributed by atoms with Crippen molar-refractivity contribution in [2.75, 3.05) is 38.1 Å². The van der Waals surface area contributed by atoms with E-state index in [2.05, 4.69) is 35.9 Å². The Morgan fingerprint density at radius 2 is 1.93 bits per heavy atom. The summed E-state index contributed by atoms with van der Waals surface area (Å²) in [5.74, 6) is 4.14. The van der Waals surface area contributed by atoms with E-state index in [0.29, 0.717) is 12.5 Å². The highest BCUT2D eigenvalue weighted by atomic mass is 32.2. The molecule has 6 heteroatoms. The maximum absolute atomic E-state index is 11.6. The average Bonchev–Trinajstić information content (AvgIpc) is 3.53. The van der Waals surface area contributed by atoms with Crippen LogP contribution in [0.3, 0.4) is 0 Å². The first-order valence-electron chi connectivity index (χ1n) is 10.4. The molecule has 162 valence electrons. The maximum atomic E-state index is 11.6. The summed E-state index contributed by atoms with van der Waals surface area (Å²) in [6, 6.07) is 12.1. The third-order valence-corrected chi connectivity index (χ3v) is 6.32. The van der Waals surface area contributed by atoms with Gasteiger partial charge in [0.2, 0.25) is 0 Å². The monoisotopic (exact) mass is 428 g/mol. The molecule has 1 aliphatic heterocycles. The lowest BCUT2D eigenvalue weighted by Crippen LogP contribution is -2.14. The average molecular weight is 429 g/mol. The fourth-order valence-electron chi connectivity index (χ4n) is 3.51. The van der Waals surface area contributed by atoms with Crippen molar-refractivity contribution in [3.63, 3.8) is 0 Å². The van der Waals surface area contributed by atoms with E-state index >= 15 is 0 Å². The van der Waals surface area contributed by atoms with Crippen molar-refractivity contribution in [1.82, 2.24) is 5.32 Å². The predicted octanol–water partition coefficient (Wildman–Crippen LogP) is 4.92. The molecule has 2 aromatic rings. The van der Waals surface area contributed by atoms with Crippen LogP contribution in [-0.2, 0) is 6.54 Å². The van der Waals surface area contributed by atoms with Gasteiger partial charge in [0.25, 0.3) is 5.91 Å². The number of thioether (sulfide) groups is 1. The van der Waals surface area contributed by atoms with E-state index in [1.165, 1.54) is 18.4 Å². The molecule has 1 atom stereocenters. The van der Waals surface area contributed by atoms with E-state index in [9.17, 15) is 4.79 Å². The van der Waals surface area contributed by atoms with Gasteiger partial charge in [-0.25, -0.2) is 0 Å². The van der Waals surface area contributed by atoms with E-state index < -0.39 is 0 Å². The number of amides is 1. The standard InChI is InChI=1S/C12H14N2O.C12H18O2S/c15-12-11-9(7-14-12)2-1-3-10(11)13-6-8-4-5-8;1-9(8-15-4)10-5-6-11(13-2)12(7-10)14-3/h1-3,8,13H,4-7H2,(H,14,15);5-7,9H,8H2,1-4H3. The zero-order chi connectivity index (χ0) is 21.5. The van der Waals surface area contributed by atoms with Crippen LogP contribution < -0.4 is 20.1 Å². The summed E-state index contributed by atoms with van der Waals surface area (Å²) >= 11 is 1.86. The molecule has 1 heterocycles. The molecule has 0 bridgehead atoms. The number of nitrogens with one attached hydrogen (secondary N) is 2. The van der Waals surface area contributed by atoms with Gasteiger partial charge in [-0.1, -0.05) is 25.1 Å². The Labute approximate surface area is 183 Å². The predicted molar refractivity (Wildman–Crippen MR) is 125 cm³/mol. The lowest BCUT2D eigenvalue weighted by molar-refractivity contribution is 0.0966. The van der Waals surface area contributed by atoms with E-state index in [1.54, 1.807) is 14.2 Å². The number of anilines is 1. The molecule has 1 fully saturated rings. The van der Waals surface area contributed by atoms with Crippen LogP contribution in [0.2, 0.25) is 0 Å². The zero-order valence-electron chi connectivity index (χ0n) is 18.3. The number of carbonyl (C=O) groups is 1. The number of rotatable bonds is 8. The number of fused-ring (bicyclic) bond motifs is 1. The van der Waals surface area contributed by atoms with Crippen molar-refractivity contribution in [2.24, 2.45) is 5.92 Å². The second-order valence-corrected chi connectivity index (χ2v) is 8.73. The van der Waals surface area contributed by atoms with Crippen LogP contribution in [0.15, 0.2) is 36.4 Å². The van der Waals surface area contributed by atoms with Crippen molar-refractivity contribution >= 4 is 23.4 Å². The highest BCUT2D eigenvalue weighted by molar-refractivity contribution is 7.98. The molecule has 0 radical (unpaired) electrons. The quantitative estimate of drug-likeness (QED) is 0.625. The molecule has 2 aromatic carbocycles. The number of ether oxygens (including phenoxy) is 2. The molecule has 1 aliphatic carbocycles. The van der Waals surface area contributed by atoms with Crippen molar-refractivity contribution < 1.29 is 14.3 Å². The van der Waals surface area contributed by atoms with Crippen LogP contribution >= 0.6 is 11.8 Å². The second-order valence-electron chi connectivity index (χ2n) is 7.82. The smallest absolute Gasteiger partial charge is 0.253 e. The summed E-state index contributed by atoms with van der Waals surface area (Å²) < 4.78 is 10.5. The molecule has 0 spiro atoms. The summed E-state index contributed by atoms with van der Waals surface area (Å²) in [4.78, 5) is 11.6. The van der Waals surface area contributed by atoms with Gasteiger partial charge < -0.3 is 20.1 Å². The van der Waals surface area contributed by atoms with Gasteiger partial charge in [0.15, 0.2) is 11.5 Å². The van der Waals surface area contributed by atoms with Gasteiger partial charge in [0, 0.05) is 18.8 Å². The lowest BCUT2D eigenvalue weighted by Gasteiger charge is -2.13.